The number of nitrogens with zero attached hydrogens (tertiary/aromatic N) is 4. The number of imide groups is 1. The van der Waals surface area contributed by atoms with E-state index in [2.05, 4.69) is 15.8 Å². The molecule has 1 aliphatic rings. The summed E-state index contributed by atoms with van der Waals surface area (Å²) in [5, 5.41) is 14.7. The fourth-order valence-electron chi connectivity index (χ4n) is 4.59. The lowest BCUT2D eigenvalue weighted by Crippen LogP contribution is -2.44. The minimum atomic E-state index is -0.893. The van der Waals surface area contributed by atoms with Crippen molar-refractivity contribution >= 4 is 57.7 Å². The van der Waals surface area contributed by atoms with E-state index in [0.717, 1.165) is 40.8 Å². The molecule has 3 heterocycles. The third-order valence-corrected chi connectivity index (χ3v) is 8.54. The number of hydrogen-bond donors (Lipinski definition) is 2. The number of terminal acetylenes is 1. The Labute approximate surface area is 260 Å². The Morgan fingerprint density at radius 2 is 2.05 bits per heavy atom. The number of benzene rings is 1. The number of carbonyl (C=O) groups is 3. The Hall–Kier alpha value is -3.50. The number of aromatic nitrogens is 2. The van der Waals surface area contributed by atoms with E-state index >= 15 is 0 Å². The van der Waals surface area contributed by atoms with Crippen LogP contribution in [0, 0.1) is 12.3 Å². The van der Waals surface area contributed by atoms with Gasteiger partial charge in [0, 0.05) is 25.1 Å². The number of unbranched alkanes of at least 4 members (excludes halogenated alkanes) is 1. The highest BCUT2D eigenvalue weighted by Crippen LogP contribution is 2.36. The molecule has 0 bridgehead atoms. The fourth-order valence-corrected chi connectivity index (χ4v) is 6.43. The first-order chi connectivity index (χ1) is 20.7. The number of aryl methyl sites for hydroxylation is 1. The molecule has 12 heteroatoms. The van der Waals surface area contributed by atoms with Gasteiger partial charge >= 0.3 is 0 Å². The van der Waals surface area contributed by atoms with Crippen molar-refractivity contribution < 1.29 is 23.9 Å². The van der Waals surface area contributed by atoms with E-state index in [1.54, 1.807) is 26.0 Å². The number of furan rings is 1. The second-order valence-electron chi connectivity index (χ2n) is 10.3. The van der Waals surface area contributed by atoms with Crippen LogP contribution in [-0.4, -0.2) is 73.4 Å². The maximum Gasteiger partial charge on any atom is 0.293 e. The first-order valence-electron chi connectivity index (χ1n) is 14.3. The van der Waals surface area contributed by atoms with Crippen LogP contribution in [0.15, 0.2) is 56.0 Å². The zero-order valence-electron chi connectivity index (χ0n) is 24.6. The Bertz CT molecular complexity index is 1520. The number of amides is 3. The summed E-state index contributed by atoms with van der Waals surface area (Å²) in [5.41, 5.74) is 1.82. The highest BCUT2D eigenvalue weighted by molar-refractivity contribution is 8.18. The molecule has 43 heavy (non-hydrogen) atoms. The number of carbonyl (C=O) groups excluding carboxylic acids is 3. The normalized spacial score (nSPS) is 15.2. The summed E-state index contributed by atoms with van der Waals surface area (Å²) in [6, 6.07) is 11.2. The van der Waals surface area contributed by atoms with E-state index in [-0.39, 0.29) is 36.2 Å². The van der Waals surface area contributed by atoms with Gasteiger partial charge in [0.05, 0.1) is 29.0 Å². The molecule has 1 saturated heterocycles. The third kappa shape index (κ3) is 8.32. The van der Waals surface area contributed by atoms with Crippen molar-refractivity contribution in [3.05, 3.63) is 47.1 Å². The molecule has 0 aliphatic carbocycles. The van der Waals surface area contributed by atoms with Crippen LogP contribution >= 0.6 is 23.5 Å². The van der Waals surface area contributed by atoms with Crippen LogP contribution < -0.4 is 5.32 Å². The van der Waals surface area contributed by atoms with Gasteiger partial charge < -0.3 is 19.0 Å². The van der Waals surface area contributed by atoms with Crippen LogP contribution in [-0.2, 0) is 16.1 Å². The molecule has 10 nitrogen and oxygen atoms in total. The van der Waals surface area contributed by atoms with Crippen LogP contribution in [0.5, 0.6) is 0 Å². The SMILES string of the molecule is C#CCN(CC(O)NCCCn1c(Sc2ccc(/C=C3\SC(=O)N(C(C)C)C3=O)o2)nc2ccccc21)C(=O)CCCC. The molecule has 228 valence electrons. The van der Waals surface area contributed by atoms with Crippen LogP contribution in [0.4, 0.5) is 4.79 Å². The van der Waals surface area contributed by atoms with Gasteiger partial charge in [-0.05, 0) is 81.0 Å². The van der Waals surface area contributed by atoms with E-state index in [9.17, 15) is 19.5 Å². The lowest BCUT2D eigenvalue weighted by Gasteiger charge is -2.24. The van der Waals surface area contributed by atoms with Gasteiger partial charge in [0.1, 0.15) is 12.0 Å². The van der Waals surface area contributed by atoms with Gasteiger partial charge in [0.2, 0.25) is 5.91 Å². The highest BCUT2D eigenvalue weighted by atomic mass is 32.2. The van der Waals surface area contributed by atoms with E-state index in [1.807, 2.05) is 37.3 Å². The maximum atomic E-state index is 12.6. The molecule has 3 amide bonds. The van der Waals surface area contributed by atoms with Crippen molar-refractivity contribution in [2.45, 2.75) is 75.5 Å². The first-order valence-corrected chi connectivity index (χ1v) is 16.0. The number of hydrogen-bond acceptors (Lipinski definition) is 9. The topological polar surface area (TPSA) is 121 Å². The molecule has 0 spiro atoms. The second-order valence-corrected chi connectivity index (χ2v) is 12.3. The molecule has 1 atom stereocenters. The van der Waals surface area contributed by atoms with Crippen molar-refractivity contribution in [3.63, 3.8) is 0 Å². The molecule has 1 fully saturated rings. The molecular weight excluding hydrogens is 587 g/mol. The van der Waals surface area contributed by atoms with Crippen molar-refractivity contribution in [2.24, 2.45) is 0 Å². The molecule has 2 N–H and O–H groups in total. The zero-order valence-corrected chi connectivity index (χ0v) is 26.2. The Balaban J connectivity index is 1.38. The van der Waals surface area contributed by atoms with Crippen molar-refractivity contribution in [2.75, 3.05) is 19.6 Å². The van der Waals surface area contributed by atoms with E-state index in [0.29, 0.717) is 41.7 Å². The number of thioether (sulfide) groups is 1. The lowest BCUT2D eigenvalue weighted by atomic mass is 10.2. The van der Waals surface area contributed by atoms with Gasteiger partial charge in [-0.2, -0.15) is 0 Å². The van der Waals surface area contributed by atoms with Crippen molar-refractivity contribution in [1.82, 2.24) is 24.7 Å². The van der Waals surface area contributed by atoms with E-state index in [1.165, 1.54) is 21.6 Å². The van der Waals surface area contributed by atoms with E-state index in [4.69, 9.17) is 15.8 Å². The van der Waals surface area contributed by atoms with Gasteiger partial charge in [-0.15, -0.1) is 6.42 Å². The molecule has 1 aliphatic heterocycles. The fraction of sp³-hybridized carbons (Fsp3) is 0.419. The molecule has 4 rings (SSSR count). The minimum Gasteiger partial charge on any atom is -0.450 e. The van der Waals surface area contributed by atoms with Gasteiger partial charge in [0.15, 0.2) is 10.2 Å². The standard InChI is InChI=1S/C31H37N5O5S2/c1-5-7-13-27(38)34(17-6-2)20-26(37)32-16-10-18-35-24-12-9-8-11-23(24)33-30(35)43-28-15-14-22(41-28)19-25-29(39)36(21(3)4)31(40)42-25/h2,8-9,11-12,14-15,19,21,26,32,37H,5,7,10,13,16-18,20H2,1,3-4H3/b25-19-. The quantitative estimate of drug-likeness (QED) is 0.102. The third-order valence-electron chi connectivity index (χ3n) is 6.74. The molecule has 0 radical (unpaired) electrons. The summed E-state index contributed by atoms with van der Waals surface area (Å²) >= 11 is 2.28. The van der Waals surface area contributed by atoms with Gasteiger partial charge in [-0.1, -0.05) is 31.4 Å². The predicted octanol–water partition coefficient (Wildman–Crippen LogP) is 5.18. The number of para-hydroxylation sites is 2. The van der Waals surface area contributed by atoms with Crippen LogP contribution in [0.1, 0.15) is 52.2 Å². The first kappa shape index (κ1) is 32.4. The summed E-state index contributed by atoms with van der Waals surface area (Å²) in [6.07, 6.45) is 8.95. The molecular formula is C31H37N5O5S2. The summed E-state index contributed by atoms with van der Waals surface area (Å²) in [6.45, 7) is 7.07. The lowest BCUT2D eigenvalue weighted by molar-refractivity contribution is -0.132. The number of rotatable bonds is 15. The largest absolute Gasteiger partial charge is 0.450 e. The smallest absolute Gasteiger partial charge is 0.293 e. The summed E-state index contributed by atoms with van der Waals surface area (Å²) in [7, 11) is 0. The molecule has 0 saturated carbocycles. The average molecular weight is 624 g/mol. The Morgan fingerprint density at radius 3 is 2.77 bits per heavy atom. The summed E-state index contributed by atoms with van der Waals surface area (Å²) < 4.78 is 8.08. The van der Waals surface area contributed by atoms with Crippen LogP contribution in [0.3, 0.4) is 0 Å². The number of imidazole rings is 1. The van der Waals surface area contributed by atoms with Gasteiger partial charge in [-0.25, -0.2) is 4.98 Å². The number of fused-ring (bicyclic) bond motifs is 1. The van der Waals surface area contributed by atoms with Crippen molar-refractivity contribution in [3.8, 4) is 12.3 Å². The van der Waals surface area contributed by atoms with Crippen molar-refractivity contribution in [1.29, 1.82) is 0 Å². The zero-order chi connectivity index (χ0) is 30.9. The van der Waals surface area contributed by atoms with Gasteiger partial charge in [0.25, 0.3) is 11.1 Å². The predicted molar refractivity (Wildman–Crippen MR) is 169 cm³/mol. The second kappa shape index (κ2) is 15.3. The van der Waals surface area contributed by atoms with Crippen LogP contribution in [0.25, 0.3) is 17.1 Å². The maximum absolute atomic E-state index is 12.6. The van der Waals surface area contributed by atoms with Crippen LogP contribution in [0.2, 0.25) is 0 Å². The number of aliphatic hydroxyl groups excluding tert-OH is 1. The molecule has 1 aromatic carbocycles. The monoisotopic (exact) mass is 623 g/mol. The molecule has 3 aromatic rings. The highest BCUT2D eigenvalue weighted by Gasteiger charge is 2.36. The number of nitrogens with one attached hydrogen (secondary N) is 1. The molecule has 2 aromatic heterocycles. The summed E-state index contributed by atoms with van der Waals surface area (Å²) in [4.78, 5) is 45.1. The Kier molecular flexibility index (Phi) is 11.5. The Morgan fingerprint density at radius 1 is 1.26 bits per heavy atom. The average Bonchev–Trinajstić information content (AvgIpc) is 3.64. The number of aliphatic hydroxyl groups is 1. The minimum absolute atomic E-state index is 0.0518. The summed E-state index contributed by atoms with van der Waals surface area (Å²) in [5.74, 6) is 2.61. The van der Waals surface area contributed by atoms with E-state index < -0.39 is 6.23 Å². The van der Waals surface area contributed by atoms with Gasteiger partial charge in [-0.3, -0.25) is 24.6 Å². The molecule has 1 unspecified atom stereocenters.